The summed E-state index contributed by atoms with van der Waals surface area (Å²) in [5, 5.41) is 11.2. The Labute approximate surface area is 117 Å². The lowest BCUT2D eigenvalue weighted by atomic mass is 10.2. The Morgan fingerprint density at radius 3 is 2.33 bits per heavy atom. The van der Waals surface area contributed by atoms with Gasteiger partial charge in [0.2, 0.25) is 5.82 Å². The number of tetrazole rings is 1. The van der Waals surface area contributed by atoms with Gasteiger partial charge in [0, 0.05) is 6.20 Å². The molecule has 2 heterocycles. The molecule has 8 heteroatoms. The lowest BCUT2D eigenvalue weighted by Gasteiger charge is -2.08. The average Bonchev–Trinajstić information content (AvgIpc) is 2.97. The van der Waals surface area contributed by atoms with E-state index in [0.29, 0.717) is 17.2 Å². The summed E-state index contributed by atoms with van der Waals surface area (Å²) < 4.78 is 39.0. The van der Waals surface area contributed by atoms with Gasteiger partial charge in [-0.2, -0.15) is 17.9 Å². The number of nitrogens with zero attached hydrogens (tertiary/aromatic N) is 5. The molecule has 2 aromatic heterocycles. The van der Waals surface area contributed by atoms with Crippen molar-refractivity contribution in [3.63, 3.8) is 0 Å². The molecule has 0 N–H and O–H groups in total. The fraction of sp³-hybridized carbons (Fsp3) is 0.0769. The average molecular weight is 291 g/mol. The van der Waals surface area contributed by atoms with Gasteiger partial charge >= 0.3 is 6.18 Å². The molecule has 1 aromatic carbocycles. The first-order valence-corrected chi connectivity index (χ1v) is 5.93. The first-order valence-electron chi connectivity index (χ1n) is 5.93. The van der Waals surface area contributed by atoms with Gasteiger partial charge in [0.25, 0.3) is 0 Å². The monoisotopic (exact) mass is 291 g/mol. The van der Waals surface area contributed by atoms with Crippen molar-refractivity contribution in [1.29, 1.82) is 0 Å². The summed E-state index contributed by atoms with van der Waals surface area (Å²) in [4.78, 5) is 4.12. The number of hydrogen-bond donors (Lipinski definition) is 0. The highest BCUT2D eigenvalue weighted by Gasteiger charge is 2.30. The van der Waals surface area contributed by atoms with Crippen molar-refractivity contribution < 1.29 is 13.2 Å². The first-order chi connectivity index (χ1) is 10.1. The molecule has 0 amide bonds. The second kappa shape index (κ2) is 4.97. The third-order valence-corrected chi connectivity index (χ3v) is 2.80. The van der Waals surface area contributed by atoms with E-state index >= 15 is 0 Å². The molecule has 3 aromatic rings. The van der Waals surface area contributed by atoms with Gasteiger partial charge in [-0.15, -0.1) is 5.10 Å². The molecule has 0 aliphatic carbocycles. The van der Waals surface area contributed by atoms with E-state index in [1.807, 2.05) is 0 Å². The molecule has 0 unspecified atom stereocenters. The Bertz CT molecular complexity index is 735. The molecule has 3 rings (SSSR count). The fourth-order valence-corrected chi connectivity index (χ4v) is 1.81. The van der Waals surface area contributed by atoms with Crippen LogP contribution in [0.25, 0.3) is 17.2 Å². The van der Waals surface area contributed by atoms with E-state index in [9.17, 15) is 13.2 Å². The van der Waals surface area contributed by atoms with Crippen LogP contribution in [0.1, 0.15) is 5.56 Å². The number of halogens is 3. The highest BCUT2D eigenvalue weighted by molar-refractivity contribution is 5.52. The molecule has 0 radical (unpaired) electrons. The minimum absolute atomic E-state index is 0.357. The Hall–Kier alpha value is -2.77. The van der Waals surface area contributed by atoms with Crippen LogP contribution in [0.4, 0.5) is 13.2 Å². The van der Waals surface area contributed by atoms with Crippen molar-refractivity contribution in [3.8, 4) is 17.2 Å². The molecule has 21 heavy (non-hydrogen) atoms. The van der Waals surface area contributed by atoms with Crippen LogP contribution >= 0.6 is 0 Å². The number of aromatic nitrogens is 5. The number of alkyl halides is 3. The maximum atomic E-state index is 12.5. The quantitative estimate of drug-likeness (QED) is 0.728. The Morgan fingerprint density at radius 2 is 1.71 bits per heavy atom. The molecular weight excluding hydrogens is 283 g/mol. The minimum atomic E-state index is -4.37. The number of hydrogen-bond acceptors (Lipinski definition) is 4. The smallest absolute Gasteiger partial charge is 0.253 e. The van der Waals surface area contributed by atoms with Crippen molar-refractivity contribution in [3.05, 3.63) is 54.2 Å². The van der Waals surface area contributed by atoms with Gasteiger partial charge in [0.15, 0.2) is 0 Å². The minimum Gasteiger partial charge on any atom is -0.253 e. The number of rotatable bonds is 2. The molecular formula is C13H8F3N5. The summed E-state index contributed by atoms with van der Waals surface area (Å²) in [5.41, 5.74) is 0.231. The summed E-state index contributed by atoms with van der Waals surface area (Å²) in [6.07, 6.45) is -2.79. The van der Waals surface area contributed by atoms with Crippen molar-refractivity contribution in [2.75, 3.05) is 0 Å². The molecule has 0 atom stereocenters. The van der Waals surface area contributed by atoms with Crippen molar-refractivity contribution in [2.45, 2.75) is 6.18 Å². The number of benzene rings is 1. The van der Waals surface area contributed by atoms with Gasteiger partial charge in [-0.25, -0.2) is 0 Å². The van der Waals surface area contributed by atoms with Crippen LogP contribution in [0.3, 0.4) is 0 Å². The molecule has 106 valence electrons. The third-order valence-electron chi connectivity index (χ3n) is 2.80. The third kappa shape index (κ3) is 2.60. The summed E-state index contributed by atoms with van der Waals surface area (Å²) in [5.74, 6) is 0.357. The summed E-state index contributed by atoms with van der Waals surface area (Å²) in [6, 6.07) is 9.83. The van der Waals surface area contributed by atoms with Gasteiger partial charge in [-0.05, 0) is 46.8 Å². The summed E-state index contributed by atoms with van der Waals surface area (Å²) in [6.45, 7) is 0. The van der Waals surface area contributed by atoms with E-state index in [2.05, 4.69) is 20.5 Å². The van der Waals surface area contributed by atoms with Crippen LogP contribution in [0.15, 0.2) is 48.7 Å². The Kier molecular flexibility index (Phi) is 3.13. The number of pyridine rings is 1. The zero-order valence-corrected chi connectivity index (χ0v) is 10.5. The van der Waals surface area contributed by atoms with Crippen molar-refractivity contribution in [1.82, 2.24) is 25.2 Å². The molecule has 0 saturated carbocycles. The normalized spacial score (nSPS) is 11.6. The fourth-order valence-electron chi connectivity index (χ4n) is 1.81. The largest absolute Gasteiger partial charge is 0.416 e. The summed E-state index contributed by atoms with van der Waals surface area (Å²) >= 11 is 0. The van der Waals surface area contributed by atoms with Crippen molar-refractivity contribution in [2.24, 2.45) is 0 Å². The predicted octanol–water partition coefficient (Wildman–Crippen LogP) is 2.74. The maximum absolute atomic E-state index is 12.5. The van der Waals surface area contributed by atoms with Crippen molar-refractivity contribution >= 4 is 0 Å². The van der Waals surface area contributed by atoms with Gasteiger partial charge in [-0.1, -0.05) is 6.07 Å². The highest BCUT2D eigenvalue weighted by atomic mass is 19.4. The first kappa shape index (κ1) is 13.2. The van der Waals surface area contributed by atoms with E-state index in [4.69, 9.17) is 0 Å². The second-order valence-corrected chi connectivity index (χ2v) is 4.17. The highest BCUT2D eigenvalue weighted by Crippen LogP contribution is 2.29. The zero-order chi connectivity index (χ0) is 14.9. The Morgan fingerprint density at radius 1 is 0.952 bits per heavy atom. The lowest BCUT2D eigenvalue weighted by molar-refractivity contribution is -0.137. The molecule has 0 aliphatic heterocycles. The van der Waals surface area contributed by atoms with Crippen LogP contribution in [0.2, 0.25) is 0 Å². The Balaban J connectivity index is 2.01. The van der Waals surface area contributed by atoms with Crippen LogP contribution < -0.4 is 0 Å². The molecule has 0 spiro atoms. The summed E-state index contributed by atoms with van der Waals surface area (Å²) in [7, 11) is 0. The van der Waals surface area contributed by atoms with E-state index in [1.54, 1.807) is 24.4 Å². The SMILES string of the molecule is FC(F)(F)c1ccc(-n2nnnc2-c2ccccn2)cc1. The molecule has 0 fully saturated rings. The van der Waals surface area contributed by atoms with Crippen LogP contribution in [-0.2, 0) is 6.18 Å². The van der Waals surface area contributed by atoms with Crippen LogP contribution in [0, 0.1) is 0 Å². The predicted molar refractivity (Wildman–Crippen MR) is 67.4 cm³/mol. The van der Waals surface area contributed by atoms with Gasteiger partial charge in [0.1, 0.15) is 5.69 Å². The molecule has 0 saturated heterocycles. The topological polar surface area (TPSA) is 56.5 Å². The van der Waals surface area contributed by atoms with Crippen LogP contribution in [-0.4, -0.2) is 25.2 Å². The van der Waals surface area contributed by atoms with Gasteiger partial charge in [0.05, 0.1) is 11.3 Å². The standard InChI is InChI=1S/C13H8F3N5/c14-13(15,16)9-4-6-10(7-5-9)21-12(18-19-20-21)11-3-1-2-8-17-11/h1-8H. The maximum Gasteiger partial charge on any atom is 0.416 e. The van der Waals surface area contributed by atoms with Gasteiger partial charge < -0.3 is 0 Å². The van der Waals surface area contributed by atoms with E-state index < -0.39 is 11.7 Å². The van der Waals surface area contributed by atoms with E-state index in [1.165, 1.54) is 16.8 Å². The lowest BCUT2D eigenvalue weighted by Crippen LogP contribution is -2.06. The van der Waals surface area contributed by atoms with Gasteiger partial charge in [-0.3, -0.25) is 4.98 Å². The van der Waals surface area contributed by atoms with E-state index in [-0.39, 0.29) is 0 Å². The van der Waals surface area contributed by atoms with Crippen LogP contribution in [0.5, 0.6) is 0 Å². The molecule has 0 bridgehead atoms. The zero-order valence-electron chi connectivity index (χ0n) is 10.5. The second-order valence-electron chi connectivity index (χ2n) is 4.17. The van der Waals surface area contributed by atoms with E-state index in [0.717, 1.165) is 12.1 Å². The molecule has 0 aliphatic rings. The molecule has 5 nitrogen and oxygen atoms in total.